The maximum absolute atomic E-state index is 6.28. The molecule has 3 nitrogen and oxygen atoms in total. The number of hydrogen-bond acceptors (Lipinski definition) is 3. The highest BCUT2D eigenvalue weighted by atomic mass is 79.9. The Labute approximate surface area is 109 Å². The van der Waals surface area contributed by atoms with Crippen molar-refractivity contribution in [1.29, 1.82) is 0 Å². The molecule has 2 N–H and O–H groups in total. The number of fused-ring (bicyclic) bond motifs is 1. The van der Waals surface area contributed by atoms with E-state index in [0.29, 0.717) is 0 Å². The largest absolute Gasteiger partial charge is 0.484 e. The van der Waals surface area contributed by atoms with Gasteiger partial charge in [0.25, 0.3) is 0 Å². The third-order valence-electron chi connectivity index (χ3n) is 3.88. The predicted octanol–water partition coefficient (Wildman–Crippen LogP) is 2.78. The summed E-state index contributed by atoms with van der Waals surface area (Å²) in [5.74, 6) is 0.907. The molecule has 0 amide bonds. The number of rotatable bonds is 0. The van der Waals surface area contributed by atoms with Crippen LogP contribution in [-0.4, -0.2) is 18.3 Å². The second-order valence-electron chi connectivity index (χ2n) is 4.92. The van der Waals surface area contributed by atoms with Crippen molar-refractivity contribution in [3.05, 3.63) is 28.2 Å². The van der Waals surface area contributed by atoms with Gasteiger partial charge in [-0.2, -0.15) is 0 Å². The van der Waals surface area contributed by atoms with Gasteiger partial charge in [-0.15, -0.1) is 0 Å². The summed E-state index contributed by atoms with van der Waals surface area (Å²) < 4.78 is 12.9. The lowest BCUT2D eigenvalue weighted by atomic mass is 9.83. The fraction of sp³-hybridized carbons (Fsp3) is 0.538. The van der Waals surface area contributed by atoms with Gasteiger partial charge in [0.15, 0.2) is 0 Å². The Balaban J connectivity index is 2.01. The Morgan fingerprint density at radius 1 is 1.47 bits per heavy atom. The molecule has 2 heterocycles. The SMILES string of the molecule is CC1OCCC12CC(N)c1cc(Br)ccc1O2. The lowest BCUT2D eigenvalue weighted by Gasteiger charge is -2.40. The minimum atomic E-state index is -0.222. The van der Waals surface area contributed by atoms with Gasteiger partial charge in [-0.25, -0.2) is 0 Å². The number of benzene rings is 1. The molecule has 17 heavy (non-hydrogen) atoms. The van der Waals surface area contributed by atoms with Gasteiger partial charge in [-0.05, 0) is 25.1 Å². The quantitative estimate of drug-likeness (QED) is 0.801. The van der Waals surface area contributed by atoms with Crippen molar-refractivity contribution in [2.45, 2.75) is 37.5 Å². The Kier molecular flexibility index (Phi) is 2.69. The van der Waals surface area contributed by atoms with Gasteiger partial charge in [-0.3, -0.25) is 0 Å². The molecule has 1 aromatic rings. The van der Waals surface area contributed by atoms with E-state index in [4.69, 9.17) is 15.2 Å². The molecule has 0 saturated carbocycles. The summed E-state index contributed by atoms with van der Waals surface area (Å²) in [6.45, 7) is 2.84. The molecule has 4 heteroatoms. The summed E-state index contributed by atoms with van der Waals surface area (Å²) in [5.41, 5.74) is 7.14. The van der Waals surface area contributed by atoms with Crippen LogP contribution >= 0.6 is 15.9 Å². The molecule has 3 rings (SSSR count). The summed E-state index contributed by atoms with van der Waals surface area (Å²) in [6.07, 6.45) is 1.87. The van der Waals surface area contributed by atoms with Crippen LogP contribution in [0.3, 0.4) is 0 Å². The first-order chi connectivity index (χ1) is 8.11. The Hall–Kier alpha value is -0.580. The zero-order valence-corrected chi connectivity index (χ0v) is 11.4. The normalized spacial score (nSPS) is 35.7. The highest BCUT2D eigenvalue weighted by Crippen LogP contribution is 2.45. The lowest BCUT2D eigenvalue weighted by molar-refractivity contribution is -0.0275. The smallest absolute Gasteiger partial charge is 0.139 e. The molecule has 3 atom stereocenters. The van der Waals surface area contributed by atoms with E-state index in [2.05, 4.69) is 22.9 Å². The second kappa shape index (κ2) is 3.97. The molecule has 2 aliphatic rings. The van der Waals surface area contributed by atoms with E-state index in [1.807, 2.05) is 18.2 Å². The average molecular weight is 298 g/mol. The number of ether oxygens (including phenoxy) is 2. The molecule has 1 aromatic carbocycles. The third-order valence-corrected chi connectivity index (χ3v) is 4.38. The highest BCUT2D eigenvalue weighted by Gasteiger charge is 2.48. The average Bonchev–Trinajstić information content (AvgIpc) is 2.62. The van der Waals surface area contributed by atoms with Gasteiger partial charge in [0.05, 0.1) is 12.7 Å². The van der Waals surface area contributed by atoms with Gasteiger partial charge in [0.1, 0.15) is 11.4 Å². The summed E-state index contributed by atoms with van der Waals surface area (Å²) >= 11 is 3.47. The van der Waals surface area contributed by atoms with E-state index < -0.39 is 0 Å². The standard InChI is InChI=1S/C13H16BrNO2/c1-8-13(4-5-16-8)7-11(15)10-6-9(14)2-3-12(10)17-13/h2-3,6,8,11H,4-5,7,15H2,1H3. The van der Waals surface area contributed by atoms with Crippen LogP contribution in [0.15, 0.2) is 22.7 Å². The van der Waals surface area contributed by atoms with Crippen molar-refractivity contribution in [3.8, 4) is 5.75 Å². The van der Waals surface area contributed by atoms with Crippen molar-refractivity contribution in [1.82, 2.24) is 0 Å². The van der Waals surface area contributed by atoms with Crippen LogP contribution < -0.4 is 10.5 Å². The van der Waals surface area contributed by atoms with Gasteiger partial charge in [0, 0.05) is 28.9 Å². The molecule has 3 unspecified atom stereocenters. The molecule has 0 aromatic heterocycles. The molecule has 92 valence electrons. The van der Waals surface area contributed by atoms with Crippen LogP contribution in [0.1, 0.15) is 31.4 Å². The van der Waals surface area contributed by atoms with Crippen molar-refractivity contribution >= 4 is 15.9 Å². The van der Waals surface area contributed by atoms with Crippen LogP contribution in [-0.2, 0) is 4.74 Å². The van der Waals surface area contributed by atoms with E-state index in [-0.39, 0.29) is 17.7 Å². The molecule has 0 radical (unpaired) electrons. The maximum atomic E-state index is 6.28. The second-order valence-corrected chi connectivity index (χ2v) is 5.84. The maximum Gasteiger partial charge on any atom is 0.139 e. The molecular weight excluding hydrogens is 282 g/mol. The van der Waals surface area contributed by atoms with E-state index in [1.54, 1.807) is 0 Å². The lowest BCUT2D eigenvalue weighted by Crippen LogP contribution is -2.47. The number of nitrogens with two attached hydrogens (primary N) is 1. The van der Waals surface area contributed by atoms with Gasteiger partial charge < -0.3 is 15.2 Å². The summed E-state index contributed by atoms with van der Waals surface area (Å²) in [6, 6.07) is 6.06. The first kappa shape index (κ1) is 11.5. The fourth-order valence-corrected chi connectivity index (χ4v) is 3.19. The van der Waals surface area contributed by atoms with E-state index in [1.165, 1.54) is 0 Å². The summed E-state index contributed by atoms with van der Waals surface area (Å²) in [4.78, 5) is 0. The first-order valence-electron chi connectivity index (χ1n) is 5.96. The fourth-order valence-electron chi connectivity index (χ4n) is 2.81. The van der Waals surface area contributed by atoms with Crippen LogP contribution in [0.5, 0.6) is 5.75 Å². The van der Waals surface area contributed by atoms with Crippen LogP contribution in [0.2, 0.25) is 0 Å². The number of halogens is 1. The van der Waals surface area contributed by atoms with Crippen LogP contribution in [0.4, 0.5) is 0 Å². The van der Waals surface area contributed by atoms with Crippen molar-refractivity contribution in [2.24, 2.45) is 5.73 Å². The summed E-state index contributed by atoms with van der Waals surface area (Å²) in [7, 11) is 0. The van der Waals surface area contributed by atoms with Crippen molar-refractivity contribution in [3.63, 3.8) is 0 Å². The van der Waals surface area contributed by atoms with Gasteiger partial charge in [0.2, 0.25) is 0 Å². The van der Waals surface area contributed by atoms with Crippen molar-refractivity contribution < 1.29 is 9.47 Å². The Morgan fingerprint density at radius 2 is 2.29 bits per heavy atom. The first-order valence-corrected chi connectivity index (χ1v) is 6.76. The van der Waals surface area contributed by atoms with Gasteiger partial charge >= 0.3 is 0 Å². The Bertz CT molecular complexity index is 451. The molecule has 1 spiro atoms. The highest BCUT2D eigenvalue weighted by molar-refractivity contribution is 9.10. The zero-order valence-electron chi connectivity index (χ0n) is 9.78. The van der Waals surface area contributed by atoms with E-state index >= 15 is 0 Å². The minimum absolute atomic E-state index is 0.0281. The Morgan fingerprint density at radius 3 is 3.00 bits per heavy atom. The predicted molar refractivity (Wildman–Crippen MR) is 69.1 cm³/mol. The summed E-state index contributed by atoms with van der Waals surface area (Å²) in [5, 5.41) is 0. The minimum Gasteiger partial charge on any atom is -0.484 e. The molecule has 1 fully saturated rings. The van der Waals surface area contributed by atoms with E-state index in [0.717, 1.165) is 35.2 Å². The molecule has 1 saturated heterocycles. The molecule has 0 bridgehead atoms. The van der Waals surface area contributed by atoms with Crippen molar-refractivity contribution in [2.75, 3.05) is 6.61 Å². The topological polar surface area (TPSA) is 44.5 Å². The molecular formula is C13H16BrNO2. The zero-order chi connectivity index (χ0) is 12.0. The number of hydrogen-bond donors (Lipinski definition) is 1. The van der Waals surface area contributed by atoms with Crippen LogP contribution in [0.25, 0.3) is 0 Å². The molecule has 2 aliphatic heterocycles. The van der Waals surface area contributed by atoms with Gasteiger partial charge in [-0.1, -0.05) is 15.9 Å². The molecule has 0 aliphatic carbocycles. The van der Waals surface area contributed by atoms with E-state index in [9.17, 15) is 0 Å². The third kappa shape index (κ3) is 1.79. The monoisotopic (exact) mass is 297 g/mol. The van der Waals surface area contributed by atoms with Crippen LogP contribution in [0, 0.1) is 0 Å².